The van der Waals surface area contributed by atoms with Gasteiger partial charge >= 0.3 is 0 Å². The third-order valence-corrected chi connectivity index (χ3v) is 1.03. The minimum Gasteiger partial charge on any atom is -0.343 e. The molecule has 0 radical (unpaired) electrons. The molecule has 0 fully saturated rings. The van der Waals surface area contributed by atoms with Crippen molar-refractivity contribution >= 4 is 5.91 Å². The largest absolute Gasteiger partial charge is 0.343 e. The molecule has 3 nitrogen and oxygen atoms in total. The number of nitrogens with zero attached hydrogens (tertiary/aromatic N) is 2. The highest BCUT2D eigenvalue weighted by atomic mass is 16.2. The molecule has 0 unspecified atom stereocenters. The normalized spacial score (nSPS) is 8.50. The van der Waals surface area contributed by atoms with E-state index in [1.54, 1.807) is 11.9 Å². The van der Waals surface area contributed by atoms with Crippen LogP contribution < -0.4 is 0 Å². The van der Waals surface area contributed by atoms with Gasteiger partial charge in [0.1, 0.15) is 0 Å². The summed E-state index contributed by atoms with van der Waals surface area (Å²) in [4.78, 5) is 14.1. The zero-order valence-corrected chi connectivity index (χ0v) is 8.79. The van der Waals surface area contributed by atoms with E-state index in [0.29, 0.717) is 0 Å². The number of rotatable bonds is 2. The first-order valence-corrected chi connectivity index (χ1v) is 3.94. The number of carbonyl (C=O) groups is 1. The number of amides is 1. The predicted molar refractivity (Wildman–Crippen MR) is 53.1 cm³/mol. The van der Waals surface area contributed by atoms with Crippen LogP contribution in [-0.4, -0.2) is 50.4 Å². The Bertz CT molecular complexity index is 130. The van der Waals surface area contributed by atoms with Gasteiger partial charge in [-0.05, 0) is 34.1 Å². The molecule has 0 aliphatic carbocycles. The number of hydrogen-bond donors (Lipinski definition) is 0. The van der Waals surface area contributed by atoms with Gasteiger partial charge in [0.2, 0.25) is 5.91 Å². The molecule has 0 rings (SSSR count). The topological polar surface area (TPSA) is 23.6 Å². The van der Waals surface area contributed by atoms with E-state index in [2.05, 4.69) is 6.58 Å². The van der Waals surface area contributed by atoms with Crippen LogP contribution in [0.1, 0.15) is 6.92 Å². The zero-order chi connectivity index (χ0) is 10.1. The summed E-state index contributed by atoms with van der Waals surface area (Å²) in [5, 5.41) is 0. The molecule has 1 amide bonds. The van der Waals surface area contributed by atoms with Crippen LogP contribution in [0.3, 0.4) is 0 Å². The maximum absolute atomic E-state index is 10.6. The fourth-order valence-corrected chi connectivity index (χ4v) is 0.312. The minimum absolute atomic E-state index is 0.0208. The Morgan fingerprint density at radius 2 is 1.67 bits per heavy atom. The zero-order valence-electron chi connectivity index (χ0n) is 8.79. The third-order valence-electron chi connectivity index (χ3n) is 1.03. The maximum atomic E-state index is 10.6. The van der Waals surface area contributed by atoms with Gasteiger partial charge in [0.25, 0.3) is 0 Å². The van der Waals surface area contributed by atoms with Crippen LogP contribution >= 0.6 is 0 Å². The Labute approximate surface area is 75.7 Å². The van der Waals surface area contributed by atoms with Crippen molar-refractivity contribution in [3.8, 4) is 0 Å². The molecule has 0 aliphatic rings. The van der Waals surface area contributed by atoms with Crippen LogP contribution in [0.25, 0.3) is 0 Å². The minimum atomic E-state index is -0.0208. The molecule has 0 atom stereocenters. The second-order valence-corrected chi connectivity index (χ2v) is 2.90. The summed E-state index contributed by atoms with van der Waals surface area (Å²) in [7, 11) is 7.74. The van der Waals surface area contributed by atoms with Gasteiger partial charge in [-0.2, -0.15) is 0 Å². The molecule has 0 N–H and O–H groups in total. The molecule has 12 heavy (non-hydrogen) atoms. The smallest absolute Gasteiger partial charge is 0.245 e. The molecule has 0 aromatic heterocycles. The van der Waals surface area contributed by atoms with Crippen molar-refractivity contribution < 1.29 is 4.79 Å². The molecule has 0 heterocycles. The highest BCUT2D eigenvalue weighted by molar-refractivity contribution is 5.86. The van der Waals surface area contributed by atoms with Crippen molar-refractivity contribution in [2.45, 2.75) is 6.92 Å². The predicted octanol–water partition coefficient (Wildman–Crippen LogP) is 0.829. The Hall–Kier alpha value is -0.830. The van der Waals surface area contributed by atoms with Crippen LogP contribution in [0, 0.1) is 0 Å². The summed E-state index contributed by atoms with van der Waals surface area (Å²) < 4.78 is 0. The third kappa shape index (κ3) is 11.9. The van der Waals surface area contributed by atoms with Crippen LogP contribution in [-0.2, 0) is 4.79 Å². The highest BCUT2D eigenvalue weighted by Gasteiger charge is 1.96. The van der Waals surface area contributed by atoms with E-state index in [0.717, 1.165) is 6.54 Å². The standard InChI is InChI=1S/C6H11NO.C3H9N/c1-4-6(8)7(3)5-2;1-4(2)3/h4H,1,5H2,2-3H3;1-3H3. The number of hydrogen-bond acceptors (Lipinski definition) is 2. The fraction of sp³-hybridized carbons (Fsp3) is 0.667. The van der Waals surface area contributed by atoms with Crippen LogP contribution in [0.5, 0.6) is 0 Å². The van der Waals surface area contributed by atoms with Gasteiger partial charge < -0.3 is 9.80 Å². The molecule has 0 aliphatic heterocycles. The Kier molecular flexibility index (Phi) is 9.47. The lowest BCUT2D eigenvalue weighted by Gasteiger charge is -2.09. The Morgan fingerprint density at radius 3 is 1.75 bits per heavy atom. The molecule has 0 saturated carbocycles. The second kappa shape index (κ2) is 8.27. The van der Waals surface area contributed by atoms with Crippen LogP contribution in [0.15, 0.2) is 12.7 Å². The summed E-state index contributed by atoms with van der Waals surface area (Å²) in [5.74, 6) is -0.0208. The van der Waals surface area contributed by atoms with Gasteiger partial charge in [-0.1, -0.05) is 6.58 Å². The van der Waals surface area contributed by atoms with Crippen LogP contribution in [0.2, 0.25) is 0 Å². The van der Waals surface area contributed by atoms with Gasteiger partial charge in [0.15, 0.2) is 0 Å². The van der Waals surface area contributed by atoms with Crippen molar-refractivity contribution in [3.63, 3.8) is 0 Å². The fourth-order valence-electron chi connectivity index (χ4n) is 0.312. The molecular formula is C9H20N2O. The summed E-state index contributed by atoms with van der Waals surface area (Å²) in [6.07, 6.45) is 1.31. The lowest BCUT2D eigenvalue weighted by molar-refractivity contribution is -0.124. The number of likely N-dealkylation sites (N-methyl/N-ethyl adjacent to an activating group) is 1. The molecule has 0 bridgehead atoms. The van der Waals surface area contributed by atoms with Crippen molar-refractivity contribution in [1.29, 1.82) is 0 Å². The van der Waals surface area contributed by atoms with Gasteiger partial charge in [0, 0.05) is 13.6 Å². The Balaban J connectivity index is 0. The van der Waals surface area contributed by atoms with Gasteiger partial charge in [-0.15, -0.1) is 0 Å². The van der Waals surface area contributed by atoms with Crippen molar-refractivity contribution in [3.05, 3.63) is 12.7 Å². The SMILES string of the molecule is C=CC(=O)N(C)CC.CN(C)C. The van der Waals surface area contributed by atoms with Crippen molar-refractivity contribution in [1.82, 2.24) is 9.80 Å². The van der Waals surface area contributed by atoms with Crippen LogP contribution in [0.4, 0.5) is 0 Å². The summed E-state index contributed by atoms with van der Waals surface area (Å²) >= 11 is 0. The molecular weight excluding hydrogens is 152 g/mol. The van der Waals surface area contributed by atoms with E-state index >= 15 is 0 Å². The average Bonchev–Trinajstić information content (AvgIpc) is 2.00. The maximum Gasteiger partial charge on any atom is 0.245 e. The molecule has 72 valence electrons. The lowest BCUT2D eigenvalue weighted by atomic mass is 10.5. The Morgan fingerprint density at radius 1 is 1.33 bits per heavy atom. The summed E-state index contributed by atoms with van der Waals surface area (Å²) in [6.45, 7) is 6.00. The quantitative estimate of drug-likeness (QED) is 0.576. The molecule has 0 aromatic carbocycles. The van der Waals surface area contributed by atoms with Crippen molar-refractivity contribution in [2.24, 2.45) is 0 Å². The lowest BCUT2D eigenvalue weighted by Crippen LogP contribution is -2.23. The van der Waals surface area contributed by atoms with E-state index < -0.39 is 0 Å². The van der Waals surface area contributed by atoms with E-state index in [9.17, 15) is 4.79 Å². The van der Waals surface area contributed by atoms with E-state index in [-0.39, 0.29) is 5.91 Å². The first kappa shape index (κ1) is 13.7. The summed E-state index contributed by atoms with van der Waals surface area (Å²) in [6, 6.07) is 0. The molecule has 0 spiro atoms. The molecule has 0 saturated heterocycles. The summed E-state index contributed by atoms with van der Waals surface area (Å²) in [5.41, 5.74) is 0. The second-order valence-electron chi connectivity index (χ2n) is 2.90. The molecule has 0 aromatic rings. The average molecular weight is 172 g/mol. The molecule has 3 heteroatoms. The van der Waals surface area contributed by atoms with Gasteiger partial charge in [-0.3, -0.25) is 4.79 Å². The highest BCUT2D eigenvalue weighted by Crippen LogP contribution is 1.81. The number of carbonyl (C=O) groups excluding carboxylic acids is 1. The van der Waals surface area contributed by atoms with Crippen molar-refractivity contribution in [2.75, 3.05) is 34.7 Å². The van der Waals surface area contributed by atoms with E-state index in [1.165, 1.54) is 6.08 Å². The van der Waals surface area contributed by atoms with E-state index in [1.807, 2.05) is 33.0 Å². The monoisotopic (exact) mass is 172 g/mol. The van der Waals surface area contributed by atoms with Gasteiger partial charge in [0.05, 0.1) is 0 Å². The van der Waals surface area contributed by atoms with E-state index in [4.69, 9.17) is 0 Å². The first-order valence-electron chi connectivity index (χ1n) is 3.94. The van der Waals surface area contributed by atoms with Gasteiger partial charge in [-0.25, -0.2) is 0 Å². The first-order chi connectivity index (χ1) is 5.45.